The van der Waals surface area contributed by atoms with E-state index in [1.165, 1.54) is 32.4 Å². The molecule has 0 aromatic heterocycles. The van der Waals surface area contributed by atoms with E-state index >= 15 is 0 Å². The number of ether oxygens (including phenoxy) is 2. The zero-order valence-electron chi connectivity index (χ0n) is 19.0. The van der Waals surface area contributed by atoms with E-state index in [4.69, 9.17) is 21.1 Å². The number of methoxy groups -OCH3 is 2. The Bertz CT molecular complexity index is 1370. The van der Waals surface area contributed by atoms with E-state index in [2.05, 4.69) is 0 Å². The Hall–Kier alpha value is -3.98. The molecular weight excluding hydrogens is 499 g/mol. The highest BCUT2D eigenvalue weighted by Crippen LogP contribution is 2.44. The number of aliphatic hydroxyl groups excluding tert-OH is 1. The minimum absolute atomic E-state index is 0.0246. The second-order valence-electron chi connectivity index (χ2n) is 7.84. The van der Waals surface area contributed by atoms with Gasteiger partial charge in [-0.2, -0.15) is 13.2 Å². The fraction of sp³-hybridized carbons (Fsp3) is 0.154. The topological polar surface area (TPSA) is 76.1 Å². The zero-order valence-corrected chi connectivity index (χ0v) is 19.7. The molecule has 0 radical (unpaired) electrons. The van der Waals surface area contributed by atoms with Gasteiger partial charge in [0.15, 0.2) is 0 Å². The van der Waals surface area contributed by atoms with Gasteiger partial charge < -0.3 is 14.6 Å². The highest BCUT2D eigenvalue weighted by Gasteiger charge is 2.47. The SMILES string of the molecule is COc1ccc(C2/C(=C(\O)c3cc(OC)ccc3Cl)C(=O)C(=O)N2c2cccc(C(F)(F)F)c2)cc1. The average molecular weight is 518 g/mol. The zero-order chi connectivity index (χ0) is 26.2. The number of hydrogen-bond donors (Lipinski definition) is 1. The molecule has 3 aromatic carbocycles. The van der Waals surface area contributed by atoms with Crippen LogP contribution in [0.25, 0.3) is 5.76 Å². The fourth-order valence-electron chi connectivity index (χ4n) is 3.99. The van der Waals surface area contributed by atoms with Crippen molar-refractivity contribution in [2.45, 2.75) is 12.2 Å². The summed E-state index contributed by atoms with van der Waals surface area (Å²) in [7, 11) is 2.85. The van der Waals surface area contributed by atoms with Crippen molar-refractivity contribution in [1.29, 1.82) is 0 Å². The number of Topliss-reactive ketones (excluding diaryl/α,β-unsaturated/α-hetero) is 1. The number of carbonyl (C=O) groups is 2. The molecule has 10 heteroatoms. The molecule has 1 N–H and O–H groups in total. The molecule has 1 heterocycles. The fourth-order valence-corrected chi connectivity index (χ4v) is 4.20. The van der Waals surface area contributed by atoms with E-state index in [1.54, 1.807) is 30.3 Å². The maximum Gasteiger partial charge on any atom is 0.416 e. The van der Waals surface area contributed by atoms with Crippen molar-refractivity contribution in [3.8, 4) is 11.5 Å². The Labute approximate surface area is 209 Å². The first-order chi connectivity index (χ1) is 17.1. The van der Waals surface area contributed by atoms with Crippen molar-refractivity contribution in [2.24, 2.45) is 0 Å². The van der Waals surface area contributed by atoms with Gasteiger partial charge in [0.25, 0.3) is 11.7 Å². The van der Waals surface area contributed by atoms with Gasteiger partial charge in [-0.15, -0.1) is 0 Å². The maximum absolute atomic E-state index is 13.4. The number of amides is 1. The first-order valence-electron chi connectivity index (χ1n) is 10.5. The van der Waals surface area contributed by atoms with E-state index in [-0.39, 0.29) is 21.8 Å². The lowest BCUT2D eigenvalue weighted by Crippen LogP contribution is -2.29. The first-order valence-corrected chi connectivity index (χ1v) is 10.9. The van der Waals surface area contributed by atoms with Gasteiger partial charge in [0.1, 0.15) is 17.3 Å². The minimum Gasteiger partial charge on any atom is -0.507 e. The molecule has 1 unspecified atom stereocenters. The third kappa shape index (κ3) is 4.49. The van der Waals surface area contributed by atoms with E-state index in [1.807, 2.05) is 0 Å². The highest BCUT2D eigenvalue weighted by molar-refractivity contribution is 6.52. The van der Waals surface area contributed by atoms with Crippen LogP contribution in [-0.4, -0.2) is 31.0 Å². The van der Waals surface area contributed by atoms with Crippen LogP contribution in [0.1, 0.15) is 22.7 Å². The van der Waals surface area contributed by atoms with E-state index in [0.29, 0.717) is 17.1 Å². The average Bonchev–Trinajstić information content (AvgIpc) is 3.13. The molecule has 0 aliphatic carbocycles. The Morgan fingerprint density at radius 1 is 0.944 bits per heavy atom. The Kier molecular flexibility index (Phi) is 6.69. The van der Waals surface area contributed by atoms with Crippen LogP contribution in [0.2, 0.25) is 5.02 Å². The normalized spacial score (nSPS) is 17.4. The van der Waals surface area contributed by atoms with Gasteiger partial charge >= 0.3 is 6.18 Å². The van der Waals surface area contributed by atoms with Crippen LogP contribution in [0.3, 0.4) is 0 Å². The third-order valence-corrected chi connectivity index (χ3v) is 6.09. The molecule has 4 rings (SSSR count). The van der Waals surface area contributed by atoms with Gasteiger partial charge in [0.2, 0.25) is 0 Å². The predicted octanol–water partition coefficient (Wildman–Crippen LogP) is 6.00. The predicted molar refractivity (Wildman–Crippen MR) is 127 cm³/mol. The maximum atomic E-state index is 13.4. The number of anilines is 1. The monoisotopic (exact) mass is 517 g/mol. The molecule has 3 aromatic rings. The van der Waals surface area contributed by atoms with Gasteiger partial charge in [-0.1, -0.05) is 29.8 Å². The molecule has 1 aliphatic heterocycles. The highest BCUT2D eigenvalue weighted by atomic mass is 35.5. The van der Waals surface area contributed by atoms with E-state index in [0.717, 1.165) is 23.1 Å². The lowest BCUT2D eigenvalue weighted by Gasteiger charge is -2.26. The molecule has 1 aliphatic rings. The summed E-state index contributed by atoms with van der Waals surface area (Å²) in [6.07, 6.45) is -4.67. The number of benzene rings is 3. The molecule has 1 saturated heterocycles. The van der Waals surface area contributed by atoms with Crippen LogP contribution < -0.4 is 14.4 Å². The summed E-state index contributed by atoms with van der Waals surface area (Å²) < 4.78 is 50.6. The molecule has 1 atom stereocenters. The number of hydrogen-bond acceptors (Lipinski definition) is 5. The van der Waals surface area contributed by atoms with Crippen LogP contribution in [0.15, 0.2) is 72.3 Å². The summed E-state index contributed by atoms with van der Waals surface area (Å²) in [5.74, 6) is -1.97. The number of rotatable bonds is 5. The smallest absolute Gasteiger partial charge is 0.416 e. The van der Waals surface area contributed by atoms with Crippen LogP contribution in [0.4, 0.5) is 18.9 Å². The van der Waals surface area contributed by atoms with Gasteiger partial charge in [0, 0.05) is 11.3 Å². The Balaban J connectivity index is 1.97. The van der Waals surface area contributed by atoms with Crippen molar-refractivity contribution in [3.05, 3.63) is 94.0 Å². The molecule has 0 saturated carbocycles. The van der Waals surface area contributed by atoms with Crippen LogP contribution in [-0.2, 0) is 15.8 Å². The molecule has 0 bridgehead atoms. The van der Waals surface area contributed by atoms with Crippen LogP contribution in [0, 0.1) is 0 Å². The molecule has 36 heavy (non-hydrogen) atoms. The minimum atomic E-state index is -4.67. The Morgan fingerprint density at radius 3 is 2.19 bits per heavy atom. The number of carbonyl (C=O) groups excluding carboxylic acids is 2. The molecule has 186 valence electrons. The van der Waals surface area contributed by atoms with Gasteiger partial charge in [-0.3, -0.25) is 14.5 Å². The number of nitrogens with zero attached hydrogens (tertiary/aromatic N) is 1. The number of alkyl halides is 3. The summed E-state index contributed by atoms with van der Waals surface area (Å²) in [4.78, 5) is 27.4. The summed E-state index contributed by atoms with van der Waals surface area (Å²) >= 11 is 6.27. The van der Waals surface area contributed by atoms with Crippen LogP contribution in [0.5, 0.6) is 11.5 Å². The second-order valence-corrected chi connectivity index (χ2v) is 8.24. The molecular formula is C26H19ClF3NO5. The van der Waals surface area contributed by atoms with Crippen molar-refractivity contribution in [1.82, 2.24) is 0 Å². The van der Waals surface area contributed by atoms with E-state index < -0.39 is 35.2 Å². The molecule has 0 spiro atoms. The summed E-state index contributed by atoms with van der Waals surface area (Å²) in [5.41, 5.74) is -1.11. The number of halogens is 4. The third-order valence-electron chi connectivity index (χ3n) is 5.76. The largest absolute Gasteiger partial charge is 0.507 e. The lowest BCUT2D eigenvalue weighted by atomic mass is 9.95. The number of aliphatic hydroxyl groups is 1. The van der Waals surface area contributed by atoms with Crippen molar-refractivity contribution < 1.29 is 37.3 Å². The van der Waals surface area contributed by atoms with Gasteiger partial charge in [-0.25, -0.2) is 0 Å². The summed E-state index contributed by atoms with van der Waals surface area (Å²) in [6.45, 7) is 0. The standard InChI is InChI=1S/C26H19ClF3NO5/c1-35-17-8-6-14(7-9-17)22-21(23(32)19-13-18(36-2)10-11-20(19)27)24(33)25(34)31(22)16-5-3-4-15(12-16)26(28,29)30/h3-13,22,32H,1-2H3/b23-21+. The Morgan fingerprint density at radius 2 is 1.58 bits per heavy atom. The quantitative estimate of drug-likeness (QED) is 0.255. The van der Waals surface area contributed by atoms with Gasteiger partial charge in [0.05, 0.1) is 36.4 Å². The van der Waals surface area contributed by atoms with Crippen LogP contribution >= 0.6 is 11.6 Å². The number of ketones is 1. The summed E-state index contributed by atoms with van der Waals surface area (Å²) in [5, 5.41) is 11.3. The second kappa shape index (κ2) is 9.58. The molecule has 1 amide bonds. The van der Waals surface area contributed by atoms with Crippen molar-refractivity contribution in [2.75, 3.05) is 19.1 Å². The van der Waals surface area contributed by atoms with Gasteiger partial charge in [-0.05, 0) is 54.1 Å². The van der Waals surface area contributed by atoms with Crippen molar-refractivity contribution >= 4 is 34.7 Å². The lowest BCUT2D eigenvalue weighted by molar-refractivity contribution is -0.137. The van der Waals surface area contributed by atoms with E-state index in [9.17, 15) is 27.9 Å². The molecule has 6 nitrogen and oxygen atoms in total. The van der Waals surface area contributed by atoms with Crippen molar-refractivity contribution in [3.63, 3.8) is 0 Å². The summed E-state index contributed by atoms with van der Waals surface area (Å²) in [6, 6.07) is 13.4. The molecule has 1 fully saturated rings. The first kappa shape index (κ1) is 25.1.